The Labute approximate surface area is 220 Å². The number of anilines is 1. The van der Waals surface area contributed by atoms with Crippen molar-refractivity contribution in [1.29, 1.82) is 0 Å². The number of carbonyl (C=O) groups excluding carboxylic acids is 1. The van der Waals surface area contributed by atoms with Gasteiger partial charge in [-0.3, -0.25) is 9.78 Å². The number of aromatic amines is 1. The van der Waals surface area contributed by atoms with Gasteiger partial charge in [-0.15, -0.1) is 0 Å². The molecule has 1 aliphatic heterocycles. The summed E-state index contributed by atoms with van der Waals surface area (Å²) in [7, 11) is 0. The molecule has 1 amide bonds. The monoisotopic (exact) mass is 536 g/mol. The molecule has 1 atom stereocenters. The van der Waals surface area contributed by atoms with Crippen LogP contribution in [0.1, 0.15) is 17.5 Å². The van der Waals surface area contributed by atoms with Gasteiger partial charge in [0.05, 0.1) is 23.0 Å². The standard InChI is InChI=1S/C27H23F3N6OS/c1-16-15-35(12-13-36(16)21(37)14-18-7-4-6-17-8-5-11-31-22(17)18)25-23(34-26(38-25)27(28,29)30)24-32-19-9-2-3-10-20(19)33-24/h2-11,16H,12-15H2,1H3,(H,32,33)/t16-/m1/s1. The van der Waals surface area contributed by atoms with Gasteiger partial charge in [0, 0.05) is 37.3 Å². The highest BCUT2D eigenvalue weighted by Gasteiger charge is 2.39. The number of para-hydroxylation sites is 3. The number of thiazole rings is 1. The number of hydrogen-bond donors (Lipinski definition) is 1. The minimum Gasteiger partial charge on any atom is -0.358 e. The Morgan fingerprint density at radius 1 is 1.08 bits per heavy atom. The lowest BCUT2D eigenvalue weighted by molar-refractivity contribution is -0.137. The maximum Gasteiger partial charge on any atom is 0.443 e. The number of amides is 1. The fraction of sp³-hybridized carbons (Fsp3) is 0.259. The predicted octanol–water partition coefficient (Wildman–Crippen LogP) is 5.53. The van der Waals surface area contributed by atoms with Crippen LogP contribution < -0.4 is 4.90 Å². The number of pyridine rings is 1. The number of nitrogens with one attached hydrogen (secondary N) is 1. The van der Waals surface area contributed by atoms with E-state index in [0.29, 0.717) is 47.3 Å². The van der Waals surface area contributed by atoms with E-state index >= 15 is 0 Å². The third-order valence-electron chi connectivity index (χ3n) is 6.76. The molecule has 1 saturated heterocycles. The van der Waals surface area contributed by atoms with Crippen molar-refractivity contribution in [2.45, 2.75) is 25.6 Å². The highest BCUT2D eigenvalue weighted by molar-refractivity contribution is 7.16. The Kier molecular flexibility index (Phi) is 6.02. The molecule has 11 heteroatoms. The van der Waals surface area contributed by atoms with E-state index < -0.39 is 11.2 Å². The first kappa shape index (κ1) is 24.4. The van der Waals surface area contributed by atoms with Crippen molar-refractivity contribution in [3.8, 4) is 11.5 Å². The van der Waals surface area contributed by atoms with Crippen LogP contribution in [0, 0.1) is 0 Å². The smallest absolute Gasteiger partial charge is 0.358 e. The molecule has 7 nitrogen and oxygen atoms in total. The third kappa shape index (κ3) is 4.47. The Morgan fingerprint density at radius 2 is 1.89 bits per heavy atom. The van der Waals surface area contributed by atoms with Crippen LogP contribution in [-0.2, 0) is 17.4 Å². The van der Waals surface area contributed by atoms with Crippen LogP contribution in [0.15, 0.2) is 60.8 Å². The van der Waals surface area contributed by atoms with Gasteiger partial charge in [-0.25, -0.2) is 9.97 Å². The predicted molar refractivity (Wildman–Crippen MR) is 141 cm³/mol. The molecule has 0 aliphatic carbocycles. The first-order chi connectivity index (χ1) is 18.3. The van der Waals surface area contributed by atoms with Gasteiger partial charge in [-0.05, 0) is 30.7 Å². The number of hydrogen-bond acceptors (Lipinski definition) is 6. The topological polar surface area (TPSA) is 78.0 Å². The zero-order valence-corrected chi connectivity index (χ0v) is 21.2. The Hall–Kier alpha value is -3.99. The quantitative estimate of drug-likeness (QED) is 0.327. The Balaban J connectivity index is 1.25. The SMILES string of the molecule is C[C@@H]1CN(c2sc(C(F)(F)F)nc2-c2nc3ccccc3[nH]2)CCN1C(=O)Cc1cccc2cccnc12. The Morgan fingerprint density at radius 3 is 2.68 bits per heavy atom. The number of rotatable bonds is 4. The van der Waals surface area contributed by atoms with E-state index in [-0.39, 0.29) is 24.1 Å². The second-order valence-electron chi connectivity index (χ2n) is 9.32. The summed E-state index contributed by atoms with van der Waals surface area (Å²) in [4.78, 5) is 33.0. The lowest BCUT2D eigenvalue weighted by Crippen LogP contribution is -2.54. The number of imidazole rings is 1. The minimum absolute atomic E-state index is 0.0342. The number of carbonyl (C=O) groups is 1. The van der Waals surface area contributed by atoms with Gasteiger partial charge in [-0.2, -0.15) is 13.2 Å². The average molecular weight is 537 g/mol. The number of aromatic nitrogens is 4. The largest absolute Gasteiger partial charge is 0.443 e. The van der Waals surface area contributed by atoms with E-state index in [0.717, 1.165) is 22.0 Å². The highest BCUT2D eigenvalue weighted by atomic mass is 32.1. The first-order valence-electron chi connectivity index (χ1n) is 12.2. The summed E-state index contributed by atoms with van der Waals surface area (Å²) < 4.78 is 41.0. The first-order valence-corrected chi connectivity index (χ1v) is 13.0. The van der Waals surface area contributed by atoms with Crippen LogP contribution in [0.4, 0.5) is 18.2 Å². The maximum atomic E-state index is 13.7. The second kappa shape index (κ2) is 9.39. The van der Waals surface area contributed by atoms with Crippen molar-refractivity contribution >= 4 is 44.2 Å². The number of nitrogens with zero attached hydrogens (tertiary/aromatic N) is 5. The van der Waals surface area contributed by atoms with Gasteiger partial charge in [0.15, 0.2) is 5.82 Å². The fourth-order valence-electron chi connectivity index (χ4n) is 4.95. The number of fused-ring (bicyclic) bond motifs is 2. The van der Waals surface area contributed by atoms with Crippen molar-refractivity contribution in [3.05, 3.63) is 71.4 Å². The van der Waals surface area contributed by atoms with Crippen LogP contribution in [0.25, 0.3) is 33.5 Å². The summed E-state index contributed by atoms with van der Waals surface area (Å²) in [5.74, 6) is 0.260. The molecule has 5 aromatic rings. The zero-order chi connectivity index (χ0) is 26.4. The summed E-state index contributed by atoms with van der Waals surface area (Å²) in [5, 5.41) is 0.450. The van der Waals surface area contributed by atoms with Gasteiger partial charge >= 0.3 is 6.18 Å². The van der Waals surface area contributed by atoms with E-state index in [1.807, 2.05) is 60.4 Å². The lowest BCUT2D eigenvalue weighted by Gasteiger charge is -2.40. The minimum atomic E-state index is -4.57. The number of benzene rings is 2. The van der Waals surface area contributed by atoms with Gasteiger partial charge in [0.2, 0.25) is 10.9 Å². The summed E-state index contributed by atoms with van der Waals surface area (Å²) >= 11 is 0.612. The van der Waals surface area contributed by atoms with Crippen molar-refractivity contribution in [1.82, 2.24) is 24.8 Å². The van der Waals surface area contributed by atoms with E-state index in [1.165, 1.54) is 0 Å². The van der Waals surface area contributed by atoms with Crippen LogP contribution in [0.5, 0.6) is 0 Å². The van der Waals surface area contributed by atoms with Crippen molar-refractivity contribution in [2.24, 2.45) is 0 Å². The third-order valence-corrected chi connectivity index (χ3v) is 7.92. The average Bonchev–Trinajstić information content (AvgIpc) is 3.53. The lowest BCUT2D eigenvalue weighted by atomic mass is 10.1. The molecule has 38 heavy (non-hydrogen) atoms. The molecule has 0 radical (unpaired) electrons. The van der Waals surface area contributed by atoms with E-state index in [1.54, 1.807) is 17.2 Å². The number of halogens is 3. The molecule has 194 valence electrons. The molecular weight excluding hydrogens is 513 g/mol. The second-order valence-corrected chi connectivity index (χ2v) is 10.3. The summed E-state index contributed by atoms with van der Waals surface area (Å²) in [6.07, 6.45) is -2.65. The summed E-state index contributed by atoms with van der Waals surface area (Å²) in [6, 6.07) is 16.7. The fourth-order valence-corrected chi connectivity index (χ4v) is 5.92. The molecule has 0 bridgehead atoms. The van der Waals surface area contributed by atoms with Gasteiger partial charge in [0.1, 0.15) is 10.7 Å². The van der Waals surface area contributed by atoms with Crippen LogP contribution in [-0.4, -0.2) is 56.4 Å². The van der Waals surface area contributed by atoms with Gasteiger partial charge in [0.25, 0.3) is 0 Å². The number of piperazine rings is 1. The Bertz CT molecular complexity index is 1610. The number of alkyl halides is 3. The molecule has 0 spiro atoms. The molecule has 1 N–H and O–H groups in total. The van der Waals surface area contributed by atoms with E-state index in [2.05, 4.69) is 19.9 Å². The van der Waals surface area contributed by atoms with Crippen molar-refractivity contribution in [3.63, 3.8) is 0 Å². The summed E-state index contributed by atoms with van der Waals surface area (Å²) in [6.45, 7) is 3.07. The highest BCUT2D eigenvalue weighted by Crippen LogP contribution is 2.42. The van der Waals surface area contributed by atoms with Crippen LogP contribution in [0.3, 0.4) is 0 Å². The molecule has 2 aromatic carbocycles. The molecule has 0 saturated carbocycles. The summed E-state index contributed by atoms with van der Waals surface area (Å²) in [5.41, 5.74) is 3.21. The zero-order valence-electron chi connectivity index (χ0n) is 20.4. The molecule has 4 heterocycles. The van der Waals surface area contributed by atoms with Gasteiger partial charge < -0.3 is 14.8 Å². The van der Waals surface area contributed by atoms with Crippen molar-refractivity contribution < 1.29 is 18.0 Å². The van der Waals surface area contributed by atoms with Gasteiger partial charge in [-0.1, -0.05) is 47.7 Å². The molecule has 0 unspecified atom stereocenters. The molecular formula is C27H23F3N6OS. The molecule has 1 fully saturated rings. The maximum absolute atomic E-state index is 13.7. The van der Waals surface area contributed by atoms with Crippen molar-refractivity contribution in [2.75, 3.05) is 24.5 Å². The normalized spacial score (nSPS) is 16.5. The van der Waals surface area contributed by atoms with Crippen LogP contribution in [0.2, 0.25) is 0 Å². The molecule has 3 aromatic heterocycles. The van der Waals surface area contributed by atoms with Crippen LogP contribution >= 0.6 is 11.3 Å². The van der Waals surface area contributed by atoms with E-state index in [4.69, 9.17) is 0 Å². The molecule has 6 rings (SSSR count). The van der Waals surface area contributed by atoms with E-state index in [9.17, 15) is 18.0 Å². The molecule has 1 aliphatic rings. The number of H-pyrrole nitrogens is 1.